The Kier molecular flexibility index (Phi) is 5.71. The number of allylic oxidation sites excluding steroid dienone is 1. The fourth-order valence-electron chi connectivity index (χ4n) is 1.11. The number of hydrogen-bond donors (Lipinski definition) is 0. The van der Waals surface area contributed by atoms with E-state index in [0.29, 0.717) is 12.2 Å². The molecule has 0 atom stereocenters. The molecular formula is C11H16O2. The van der Waals surface area contributed by atoms with Crippen molar-refractivity contribution in [3.8, 4) is 12.3 Å². The second-order valence-electron chi connectivity index (χ2n) is 2.55. The summed E-state index contributed by atoms with van der Waals surface area (Å²) in [5.74, 6) is 2.02. The van der Waals surface area contributed by atoms with Crippen LogP contribution in [0.25, 0.3) is 0 Å². The van der Waals surface area contributed by atoms with Crippen LogP contribution in [0.1, 0.15) is 33.6 Å². The summed E-state index contributed by atoms with van der Waals surface area (Å²) in [6.45, 7) is 6.10. The van der Waals surface area contributed by atoms with Gasteiger partial charge < -0.3 is 4.74 Å². The normalized spacial score (nSPS) is 8.77. The summed E-state index contributed by atoms with van der Waals surface area (Å²) in [5, 5.41) is 0. The number of rotatable bonds is 4. The molecule has 0 aliphatic heterocycles. The van der Waals surface area contributed by atoms with Crippen LogP contribution < -0.4 is 0 Å². The Morgan fingerprint density at radius 3 is 2.15 bits per heavy atom. The zero-order valence-corrected chi connectivity index (χ0v) is 8.52. The van der Waals surface area contributed by atoms with Gasteiger partial charge in [0.15, 0.2) is 0 Å². The van der Waals surface area contributed by atoms with E-state index in [9.17, 15) is 4.79 Å². The van der Waals surface area contributed by atoms with Gasteiger partial charge in [0, 0.05) is 0 Å². The third kappa shape index (κ3) is 3.33. The maximum Gasteiger partial charge on any atom is 0.346 e. The molecule has 0 aromatic rings. The number of ether oxygens (including phenoxy) is 1. The fourth-order valence-corrected chi connectivity index (χ4v) is 1.11. The van der Waals surface area contributed by atoms with Gasteiger partial charge in [0.1, 0.15) is 5.57 Å². The third-order valence-corrected chi connectivity index (χ3v) is 1.83. The molecule has 72 valence electrons. The van der Waals surface area contributed by atoms with Gasteiger partial charge in [0.05, 0.1) is 6.61 Å². The molecule has 2 heteroatoms. The lowest BCUT2D eigenvalue weighted by molar-refractivity contribution is -0.138. The predicted molar refractivity (Wildman–Crippen MR) is 53.1 cm³/mol. The van der Waals surface area contributed by atoms with Gasteiger partial charge in [-0.2, -0.15) is 0 Å². The minimum atomic E-state index is -0.372. The summed E-state index contributed by atoms with van der Waals surface area (Å²) in [4.78, 5) is 11.3. The van der Waals surface area contributed by atoms with E-state index in [0.717, 1.165) is 18.4 Å². The van der Waals surface area contributed by atoms with Crippen molar-refractivity contribution in [1.82, 2.24) is 0 Å². The highest BCUT2D eigenvalue weighted by molar-refractivity contribution is 5.94. The van der Waals surface area contributed by atoms with Gasteiger partial charge in [-0.05, 0) is 25.3 Å². The molecule has 0 saturated heterocycles. The second kappa shape index (κ2) is 6.30. The number of esters is 1. The predicted octanol–water partition coefficient (Wildman–Crippen LogP) is 2.30. The van der Waals surface area contributed by atoms with Crippen molar-refractivity contribution in [3.63, 3.8) is 0 Å². The van der Waals surface area contributed by atoms with Gasteiger partial charge >= 0.3 is 5.97 Å². The van der Waals surface area contributed by atoms with E-state index >= 15 is 0 Å². The fraction of sp³-hybridized carbons (Fsp3) is 0.545. The van der Waals surface area contributed by atoms with Crippen LogP contribution in [-0.2, 0) is 9.53 Å². The molecule has 13 heavy (non-hydrogen) atoms. The van der Waals surface area contributed by atoms with Crippen LogP contribution in [-0.4, -0.2) is 12.6 Å². The lowest BCUT2D eigenvalue weighted by Gasteiger charge is -2.06. The van der Waals surface area contributed by atoms with E-state index in [2.05, 4.69) is 5.92 Å². The van der Waals surface area contributed by atoms with Gasteiger partial charge in [-0.3, -0.25) is 0 Å². The largest absolute Gasteiger partial charge is 0.462 e. The first-order valence-electron chi connectivity index (χ1n) is 4.56. The molecular weight excluding hydrogens is 164 g/mol. The number of hydrogen-bond acceptors (Lipinski definition) is 2. The Balaban J connectivity index is 4.77. The Labute approximate surface area is 80.0 Å². The van der Waals surface area contributed by atoms with Crippen LogP contribution in [0.5, 0.6) is 0 Å². The smallest absolute Gasteiger partial charge is 0.346 e. The van der Waals surface area contributed by atoms with Gasteiger partial charge in [-0.25, -0.2) is 4.79 Å². The van der Waals surface area contributed by atoms with Crippen molar-refractivity contribution in [1.29, 1.82) is 0 Å². The first kappa shape index (κ1) is 11.8. The molecule has 0 aromatic heterocycles. The quantitative estimate of drug-likeness (QED) is 0.377. The van der Waals surface area contributed by atoms with Crippen molar-refractivity contribution in [2.24, 2.45) is 0 Å². The Bertz CT molecular complexity index is 237. The van der Waals surface area contributed by atoms with Crippen LogP contribution in [0.15, 0.2) is 11.1 Å². The summed E-state index contributed by atoms with van der Waals surface area (Å²) >= 11 is 0. The van der Waals surface area contributed by atoms with Crippen LogP contribution in [0.2, 0.25) is 0 Å². The van der Waals surface area contributed by atoms with Gasteiger partial charge in [0.25, 0.3) is 0 Å². The van der Waals surface area contributed by atoms with Gasteiger partial charge in [0.2, 0.25) is 0 Å². The lowest BCUT2D eigenvalue weighted by atomic mass is 10.0. The molecule has 0 saturated carbocycles. The zero-order valence-electron chi connectivity index (χ0n) is 8.52. The average molecular weight is 180 g/mol. The minimum Gasteiger partial charge on any atom is -0.462 e. The van der Waals surface area contributed by atoms with Crippen molar-refractivity contribution in [2.45, 2.75) is 33.6 Å². The average Bonchev–Trinajstić information content (AvgIpc) is 2.14. The van der Waals surface area contributed by atoms with E-state index < -0.39 is 0 Å². The third-order valence-electron chi connectivity index (χ3n) is 1.83. The highest BCUT2D eigenvalue weighted by Crippen LogP contribution is 2.13. The molecule has 0 fully saturated rings. The number of carbonyl (C=O) groups excluding carboxylic acids is 1. The molecule has 0 N–H and O–H groups in total. The Morgan fingerprint density at radius 2 is 1.85 bits per heavy atom. The first-order chi connectivity index (χ1) is 6.21. The maximum absolute atomic E-state index is 11.3. The first-order valence-corrected chi connectivity index (χ1v) is 4.56. The molecule has 0 aliphatic carbocycles. The topological polar surface area (TPSA) is 26.3 Å². The number of carbonyl (C=O) groups is 1. The minimum absolute atomic E-state index is 0.366. The van der Waals surface area contributed by atoms with Gasteiger partial charge in [-0.15, -0.1) is 6.42 Å². The Morgan fingerprint density at radius 1 is 1.31 bits per heavy atom. The SMILES string of the molecule is C#CC(C(=O)OCC)=C(CC)CC. The summed E-state index contributed by atoms with van der Waals surface area (Å²) in [6.07, 6.45) is 6.85. The van der Waals surface area contributed by atoms with Gasteiger partial charge in [-0.1, -0.05) is 19.8 Å². The molecule has 0 aliphatic rings. The summed E-state index contributed by atoms with van der Waals surface area (Å²) in [6, 6.07) is 0. The van der Waals surface area contributed by atoms with Crippen molar-refractivity contribution < 1.29 is 9.53 Å². The van der Waals surface area contributed by atoms with E-state index in [1.54, 1.807) is 6.92 Å². The molecule has 0 bridgehead atoms. The van der Waals surface area contributed by atoms with E-state index in [1.807, 2.05) is 13.8 Å². The molecule has 0 unspecified atom stereocenters. The molecule has 0 spiro atoms. The second-order valence-corrected chi connectivity index (χ2v) is 2.55. The van der Waals surface area contributed by atoms with Crippen LogP contribution in [0.3, 0.4) is 0 Å². The van der Waals surface area contributed by atoms with E-state index in [-0.39, 0.29) is 5.97 Å². The number of terminal acetylenes is 1. The lowest BCUT2D eigenvalue weighted by Crippen LogP contribution is -2.08. The molecule has 2 nitrogen and oxygen atoms in total. The molecule has 0 heterocycles. The molecule has 0 radical (unpaired) electrons. The monoisotopic (exact) mass is 180 g/mol. The molecule has 0 aromatic carbocycles. The van der Waals surface area contributed by atoms with Crippen molar-refractivity contribution >= 4 is 5.97 Å². The zero-order chi connectivity index (χ0) is 10.3. The van der Waals surface area contributed by atoms with E-state index in [4.69, 9.17) is 11.2 Å². The molecule has 0 rings (SSSR count). The Hall–Kier alpha value is -1.23. The van der Waals surface area contributed by atoms with Crippen LogP contribution in [0.4, 0.5) is 0 Å². The van der Waals surface area contributed by atoms with Crippen LogP contribution >= 0.6 is 0 Å². The standard InChI is InChI=1S/C11H16O2/c1-5-9(6-2)10(7-3)11(12)13-8-4/h3H,5-6,8H2,1-2,4H3. The summed E-state index contributed by atoms with van der Waals surface area (Å²) in [5.41, 5.74) is 1.38. The van der Waals surface area contributed by atoms with Crippen LogP contribution in [0, 0.1) is 12.3 Å². The van der Waals surface area contributed by atoms with E-state index in [1.165, 1.54) is 0 Å². The van der Waals surface area contributed by atoms with Crippen molar-refractivity contribution in [3.05, 3.63) is 11.1 Å². The highest BCUT2D eigenvalue weighted by atomic mass is 16.5. The maximum atomic E-state index is 11.3. The summed E-state index contributed by atoms with van der Waals surface area (Å²) in [7, 11) is 0. The highest BCUT2D eigenvalue weighted by Gasteiger charge is 2.11. The van der Waals surface area contributed by atoms with Crippen molar-refractivity contribution in [2.75, 3.05) is 6.61 Å². The molecule has 0 amide bonds. The summed E-state index contributed by atoms with van der Waals surface area (Å²) < 4.78 is 4.84.